The van der Waals surface area contributed by atoms with Crippen LogP contribution in [0.3, 0.4) is 0 Å². The first-order valence-electron chi connectivity index (χ1n) is 7.09. The third kappa shape index (κ3) is 3.43. The summed E-state index contributed by atoms with van der Waals surface area (Å²) < 4.78 is 1.21. The number of nitrogens with zero attached hydrogens (tertiary/aromatic N) is 1. The largest absolute Gasteiger partial charge is 0.372 e. The van der Waals surface area contributed by atoms with Gasteiger partial charge >= 0.3 is 0 Å². The average Bonchev–Trinajstić information content (AvgIpc) is 3.12. The second-order valence-electron chi connectivity index (χ2n) is 5.16. The van der Waals surface area contributed by atoms with Crippen LogP contribution in [0.15, 0.2) is 40.2 Å². The molecular weight excluding hydrogens is 332 g/mol. The van der Waals surface area contributed by atoms with Crippen LogP contribution < -0.4 is 10.2 Å². The van der Waals surface area contributed by atoms with Crippen LogP contribution in [0.2, 0.25) is 0 Å². The van der Waals surface area contributed by atoms with Crippen LogP contribution in [-0.2, 0) is 13.1 Å². The lowest BCUT2D eigenvalue weighted by molar-refractivity contribution is 0.699. The molecule has 1 N–H and O–H groups in total. The fourth-order valence-corrected chi connectivity index (χ4v) is 4.03. The summed E-state index contributed by atoms with van der Waals surface area (Å²) in [4.78, 5) is 3.83. The van der Waals surface area contributed by atoms with Crippen LogP contribution >= 0.6 is 27.3 Å². The van der Waals surface area contributed by atoms with Gasteiger partial charge in [-0.3, -0.25) is 0 Å². The van der Waals surface area contributed by atoms with Crippen molar-refractivity contribution in [1.29, 1.82) is 0 Å². The smallest absolute Gasteiger partial charge is 0.0366 e. The second-order valence-corrected chi connectivity index (χ2v) is 7.01. The first-order valence-corrected chi connectivity index (χ1v) is 8.77. The Morgan fingerprint density at radius 2 is 1.80 bits per heavy atom. The maximum atomic E-state index is 3.56. The molecule has 106 valence electrons. The van der Waals surface area contributed by atoms with Crippen molar-refractivity contribution in [3.05, 3.63) is 50.6 Å². The first-order chi connectivity index (χ1) is 9.83. The van der Waals surface area contributed by atoms with Gasteiger partial charge in [0.15, 0.2) is 0 Å². The van der Waals surface area contributed by atoms with E-state index in [9.17, 15) is 0 Å². The molecule has 1 aromatic carbocycles. The van der Waals surface area contributed by atoms with Gasteiger partial charge in [-0.15, -0.1) is 11.3 Å². The number of halogens is 1. The Balaban J connectivity index is 1.52. The molecule has 0 saturated carbocycles. The summed E-state index contributed by atoms with van der Waals surface area (Å²) >= 11 is 5.35. The maximum Gasteiger partial charge on any atom is 0.0366 e. The number of benzene rings is 1. The molecule has 4 heteroatoms. The number of anilines is 1. The number of hydrogen-bond acceptors (Lipinski definition) is 3. The zero-order valence-electron chi connectivity index (χ0n) is 11.4. The molecule has 1 fully saturated rings. The number of hydrogen-bond donors (Lipinski definition) is 1. The fourth-order valence-electron chi connectivity index (χ4n) is 2.57. The van der Waals surface area contributed by atoms with Gasteiger partial charge in [-0.1, -0.05) is 12.1 Å². The van der Waals surface area contributed by atoms with E-state index in [2.05, 4.69) is 61.9 Å². The molecule has 0 radical (unpaired) electrons. The zero-order valence-corrected chi connectivity index (χ0v) is 13.8. The summed E-state index contributed by atoms with van der Waals surface area (Å²) in [6, 6.07) is 11.1. The van der Waals surface area contributed by atoms with E-state index in [1.165, 1.54) is 46.5 Å². The Morgan fingerprint density at radius 1 is 1.05 bits per heavy atom. The molecule has 0 atom stereocenters. The van der Waals surface area contributed by atoms with Gasteiger partial charge in [0, 0.05) is 41.2 Å². The van der Waals surface area contributed by atoms with Gasteiger partial charge in [0.25, 0.3) is 0 Å². The van der Waals surface area contributed by atoms with Crippen molar-refractivity contribution in [3.63, 3.8) is 0 Å². The van der Waals surface area contributed by atoms with Crippen molar-refractivity contribution < 1.29 is 0 Å². The highest BCUT2D eigenvalue weighted by molar-refractivity contribution is 9.10. The zero-order chi connectivity index (χ0) is 13.8. The molecule has 2 aromatic rings. The quantitative estimate of drug-likeness (QED) is 0.859. The molecule has 1 aliphatic rings. The van der Waals surface area contributed by atoms with Crippen molar-refractivity contribution in [3.8, 4) is 0 Å². The van der Waals surface area contributed by atoms with Crippen molar-refractivity contribution in [2.24, 2.45) is 0 Å². The molecule has 1 aromatic heterocycles. The second kappa shape index (κ2) is 6.74. The van der Waals surface area contributed by atoms with Crippen LogP contribution in [0.4, 0.5) is 5.69 Å². The molecule has 1 aliphatic heterocycles. The predicted octanol–water partition coefficient (Wildman–Crippen LogP) is 4.40. The summed E-state index contributed by atoms with van der Waals surface area (Å²) in [5.41, 5.74) is 2.72. The topological polar surface area (TPSA) is 15.3 Å². The number of rotatable bonds is 5. The lowest BCUT2D eigenvalue weighted by atomic mass is 10.2. The molecule has 0 spiro atoms. The molecule has 3 rings (SSSR count). The van der Waals surface area contributed by atoms with Crippen LogP contribution in [0, 0.1) is 0 Å². The van der Waals surface area contributed by atoms with Crippen molar-refractivity contribution in [2.75, 3.05) is 18.0 Å². The van der Waals surface area contributed by atoms with E-state index in [-0.39, 0.29) is 0 Å². The summed E-state index contributed by atoms with van der Waals surface area (Å²) in [6.07, 6.45) is 2.66. The van der Waals surface area contributed by atoms with E-state index in [0.29, 0.717) is 0 Å². The van der Waals surface area contributed by atoms with Gasteiger partial charge in [-0.2, -0.15) is 0 Å². The van der Waals surface area contributed by atoms with Crippen LogP contribution in [0.1, 0.15) is 23.3 Å². The lowest BCUT2D eigenvalue weighted by Crippen LogP contribution is -2.17. The molecule has 0 amide bonds. The number of nitrogens with one attached hydrogen (secondary N) is 1. The van der Waals surface area contributed by atoms with Crippen molar-refractivity contribution >= 4 is 33.0 Å². The van der Waals surface area contributed by atoms with Gasteiger partial charge in [-0.05, 0) is 57.9 Å². The molecule has 20 heavy (non-hydrogen) atoms. The normalized spacial score (nSPS) is 14.9. The van der Waals surface area contributed by atoms with Crippen molar-refractivity contribution in [1.82, 2.24) is 5.32 Å². The maximum absolute atomic E-state index is 3.56. The van der Waals surface area contributed by atoms with Crippen molar-refractivity contribution in [2.45, 2.75) is 25.9 Å². The van der Waals surface area contributed by atoms with Gasteiger partial charge < -0.3 is 10.2 Å². The monoisotopic (exact) mass is 350 g/mol. The molecule has 1 saturated heterocycles. The van der Waals surface area contributed by atoms with Crippen LogP contribution in [0.5, 0.6) is 0 Å². The van der Waals surface area contributed by atoms with E-state index in [4.69, 9.17) is 0 Å². The Kier molecular flexibility index (Phi) is 4.76. The summed E-state index contributed by atoms with van der Waals surface area (Å²) in [5, 5.41) is 5.62. The van der Waals surface area contributed by atoms with Crippen LogP contribution in [0.25, 0.3) is 0 Å². The third-order valence-corrected chi connectivity index (χ3v) is 5.64. The Bertz CT molecular complexity index is 544. The minimum atomic E-state index is 0.921. The van der Waals surface area contributed by atoms with Crippen LogP contribution in [-0.4, -0.2) is 13.1 Å². The first kappa shape index (κ1) is 14.1. The third-order valence-electron chi connectivity index (χ3n) is 3.71. The molecule has 0 unspecified atom stereocenters. The molecular formula is C16H19BrN2S. The fraction of sp³-hybridized carbons (Fsp3) is 0.375. The number of thiophene rings is 1. The van der Waals surface area contributed by atoms with E-state index in [1.807, 2.05) is 0 Å². The van der Waals surface area contributed by atoms with Gasteiger partial charge in [0.1, 0.15) is 0 Å². The van der Waals surface area contributed by atoms with Gasteiger partial charge in [0.2, 0.25) is 0 Å². The molecule has 2 heterocycles. The summed E-state index contributed by atoms with van der Waals surface area (Å²) in [6.45, 7) is 4.27. The predicted molar refractivity (Wildman–Crippen MR) is 90.5 cm³/mol. The highest BCUT2D eigenvalue weighted by atomic mass is 79.9. The Morgan fingerprint density at radius 3 is 2.45 bits per heavy atom. The van der Waals surface area contributed by atoms with E-state index >= 15 is 0 Å². The Hall–Kier alpha value is -0.840. The molecule has 2 nitrogen and oxygen atoms in total. The minimum absolute atomic E-state index is 0.921. The highest BCUT2D eigenvalue weighted by Crippen LogP contribution is 2.23. The Labute approximate surface area is 132 Å². The van der Waals surface area contributed by atoms with E-state index in [0.717, 1.165) is 13.1 Å². The SMILES string of the molecule is Brc1ccsc1CNCc1ccc(N2CCCC2)cc1. The molecule has 0 bridgehead atoms. The average molecular weight is 351 g/mol. The lowest BCUT2D eigenvalue weighted by Gasteiger charge is -2.17. The van der Waals surface area contributed by atoms with E-state index < -0.39 is 0 Å². The van der Waals surface area contributed by atoms with E-state index in [1.54, 1.807) is 11.3 Å². The highest BCUT2D eigenvalue weighted by Gasteiger charge is 2.11. The van der Waals surface area contributed by atoms with Gasteiger partial charge in [0.05, 0.1) is 0 Å². The molecule has 0 aliphatic carbocycles. The standard InChI is InChI=1S/C16H19BrN2S/c17-15-7-10-20-16(15)12-18-11-13-3-5-14(6-4-13)19-8-1-2-9-19/h3-7,10,18H,1-2,8-9,11-12H2. The summed E-state index contributed by atoms with van der Waals surface area (Å²) in [7, 11) is 0. The minimum Gasteiger partial charge on any atom is -0.372 e. The van der Waals surface area contributed by atoms with Gasteiger partial charge in [-0.25, -0.2) is 0 Å². The summed E-state index contributed by atoms with van der Waals surface area (Å²) in [5.74, 6) is 0.